The van der Waals surface area contributed by atoms with Crippen LogP contribution in [0.5, 0.6) is 5.75 Å². The fraction of sp³-hybridized carbons (Fsp3) is 0.600. The average molecular weight is 266 g/mol. The fourth-order valence-electron chi connectivity index (χ4n) is 1.53. The normalized spacial score (nSPS) is 12.7. The first-order valence-electron chi connectivity index (χ1n) is 6.64. The number of benzene rings is 1. The molecule has 1 aromatic rings. The summed E-state index contributed by atoms with van der Waals surface area (Å²) < 4.78 is 6.12. The van der Waals surface area contributed by atoms with Crippen LogP contribution in [0.4, 0.5) is 0 Å². The van der Waals surface area contributed by atoms with Crippen LogP contribution in [0.25, 0.3) is 0 Å². The molecule has 0 aliphatic heterocycles. The highest BCUT2D eigenvalue weighted by atomic mass is 28.4. The van der Waals surface area contributed by atoms with Gasteiger partial charge in [-0.25, -0.2) is 0 Å². The number of phenolic OH excluding ortho intramolecular Hbond substituents is 1. The summed E-state index contributed by atoms with van der Waals surface area (Å²) in [5, 5.41) is 9.66. The molecule has 102 valence electrons. The van der Waals surface area contributed by atoms with Crippen molar-refractivity contribution in [2.24, 2.45) is 0 Å². The molecule has 0 aliphatic rings. The van der Waals surface area contributed by atoms with Gasteiger partial charge in [0.2, 0.25) is 0 Å². The van der Waals surface area contributed by atoms with E-state index in [1.54, 1.807) is 6.07 Å². The summed E-state index contributed by atoms with van der Waals surface area (Å²) in [6.45, 7) is 12.1. The number of aryl methyl sites for hydroxylation is 1. The zero-order valence-corrected chi connectivity index (χ0v) is 13.3. The smallest absolute Gasteiger partial charge is 0.191 e. The van der Waals surface area contributed by atoms with Crippen LogP contribution in [0, 0.1) is 0 Å². The van der Waals surface area contributed by atoms with Crippen LogP contribution in [0.1, 0.15) is 32.8 Å². The van der Waals surface area contributed by atoms with Gasteiger partial charge in [0.05, 0.1) is 0 Å². The van der Waals surface area contributed by atoms with Gasteiger partial charge in [0.1, 0.15) is 5.75 Å². The van der Waals surface area contributed by atoms with Gasteiger partial charge >= 0.3 is 0 Å². The van der Waals surface area contributed by atoms with Crippen molar-refractivity contribution in [2.75, 3.05) is 6.61 Å². The average Bonchev–Trinajstić information content (AvgIpc) is 2.23. The summed E-state index contributed by atoms with van der Waals surface area (Å²) in [7, 11) is -1.60. The van der Waals surface area contributed by atoms with E-state index in [1.165, 1.54) is 5.56 Å². The summed E-state index contributed by atoms with van der Waals surface area (Å²) in [4.78, 5) is 0. The molecular weight excluding hydrogens is 240 g/mol. The van der Waals surface area contributed by atoms with E-state index < -0.39 is 8.32 Å². The molecule has 1 N–H and O–H groups in total. The summed E-state index contributed by atoms with van der Waals surface area (Å²) in [6.07, 6.45) is 1.97. The van der Waals surface area contributed by atoms with Crippen molar-refractivity contribution in [1.82, 2.24) is 0 Å². The van der Waals surface area contributed by atoms with Crippen LogP contribution in [0.15, 0.2) is 24.3 Å². The van der Waals surface area contributed by atoms with Crippen molar-refractivity contribution in [3.05, 3.63) is 29.8 Å². The topological polar surface area (TPSA) is 29.5 Å². The van der Waals surface area contributed by atoms with E-state index in [-0.39, 0.29) is 5.04 Å². The van der Waals surface area contributed by atoms with Gasteiger partial charge in [0.25, 0.3) is 0 Å². The Morgan fingerprint density at radius 1 is 1.22 bits per heavy atom. The number of hydrogen-bond donors (Lipinski definition) is 1. The first kappa shape index (κ1) is 15.3. The van der Waals surface area contributed by atoms with E-state index in [9.17, 15) is 5.11 Å². The Labute approximate surface area is 112 Å². The minimum atomic E-state index is -1.60. The molecule has 18 heavy (non-hydrogen) atoms. The summed E-state index contributed by atoms with van der Waals surface area (Å²) >= 11 is 0. The second-order valence-electron chi connectivity index (χ2n) is 6.38. The van der Waals surface area contributed by atoms with E-state index in [0.717, 1.165) is 19.4 Å². The Hall–Kier alpha value is -0.803. The van der Waals surface area contributed by atoms with Crippen molar-refractivity contribution in [2.45, 2.75) is 51.7 Å². The molecule has 3 heteroatoms. The lowest BCUT2D eigenvalue weighted by atomic mass is 10.1. The Morgan fingerprint density at radius 3 is 2.44 bits per heavy atom. The number of aromatic hydroxyl groups is 1. The lowest BCUT2D eigenvalue weighted by molar-refractivity contribution is 0.282. The number of rotatable bonds is 5. The predicted molar refractivity (Wildman–Crippen MR) is 79.6 cm³/mol. The van der Waals surface area contributed by atoms with E-state index in [0.29, 0.717) is 5.75 Å². The molecule has 1 aromatic carbocycles. The van der Waals surface area contributed by atoms with Crippen LogP contribution in [-0.4, -0.2) is 20.0 Å². The zero-order chi connectivity index (χ0) is 13.8. The van der Waals surface area contributed by atoms with E-state index >= 15 is 0 Å². The molecule has 0 aromatic heterocycles. The van der Waals surface area contributed by atoms with Gasteiger partial charge in [-0.2, -0.15) is 0 Å². The molecule has 0 spiro atoms. The standard InChI is InChI=1S/C15H26O2Si/c1-15(2,3)18(4,5)17-11-7-9-13-8-6-10-14(16)12-13/h6,8,10,12,16H,7,9,11H2,1-5H3. The maximum atomic E-state index is 9.38. The largest absolute Gasteiger partial charge is 0.508 e. The molecule has 0 atom stereocenters. The van der Waals surface area contributed by atoms with Gasteiger partial charge in [-0.05, 0) is 48.7 Å². The highest BCUT2D eigenvalue weighted by Gasteiger charge is 2.36. The van der Waals surface area contributed by atoms with Gasteiger partial charge < -0.3 is 9.53 Å². The van der Waals surface area contributed by atoms with Gasteiger partial charge in [-0.15, -0.1) is 0 Å². The maximum absolute atomic E-state index is 9.38. The molecule has 0 radical (unpaired) electrons. The van der Waals surface area contributed by atoms with E-state index in [2.05, 4.69) is 33.9 Å². The Balaban J connectivity index is 2.35. The maximum Gasteiger partial charge on any atom is 0.191 e. The van der Waals surface area contributed by atoms with Crippen molar-refractivity contribution in [3.63, 3.8) is 0 Å². The molecule has 0 amide bonds. The third kappa shape index (κ3) is 4.46. The molecule has 0 aliphatic carbocycles. The molecule has 0 saturated heterocycles. The lowest BCUT2D eigenvalue weighted by Gasteiger charge is -2.36. The predicted octanol–water partition coefficient (Wildman–Crippen LogP) is 4.35. The molecular formula is C15H26O2Si. The van der Waals surface area contributed by atoms with Crippen LogP contribution >= 0.6 is 0 Å². The second-order valence-corrected chi connectivity index (χ2v) is 11.2. The van der Waals surface area contributed by atoms with Crippen molar-refractivity contribution >= 4 is 8.32 Å². The van der Waals surface area contributed by atoms with Crippen LogP contribution in [-0.2, 0) is 10.8 Å². The van der Waals surface area contributed by atoms with E-state index in [1.807, 2.05) is 18.2 Å². The monoisotopic (exact) mass is 266 g/mol. The SMILES string of the molecule is CC(C)(C)[Si](C)(C)OCCCc1cccc(O)c1. The number of hydrogen-bond acceptors (Lipinski definition) is 2. The van der Waals surface area contributed by atoms with Crippen LogP contribution < -0.4 is 0 Å². The third-order valence-corrected chi connectivity index (χ3v) is 8.33. The minimum absolute atomic E-state index is 0.276. The van der Waals surface area contributed by atoms with Gasteiger partial charge in [0.15, 0.2) is 8.32 Å². The Kier molecular flexibility index (Phi) is 4.99. The minimum Gasteiger partial charge on any atom is -0.508 e. The molecule has 0 fully saturated rings. The van der Waals surface area contributed by atoms with Gasteiger partial charge in [0, 0.05) is 6.61 Å². The molecule has 0 saturated carbocycles. The summed E-state index contributed by atoms with van der Waals surface area (Å²) in [6, 6.07) is 7.47. The summed E-state index contributed by atoms with van der Waals surface area (Å²) in [5.41, 5.74) is 1.17. The van der Waals surface area contributed by atoms with Crippen molar-refractivity contribution in [3.8, 4) is 5.75 Å². The summed E-state index contributed by atoms with van der Waals surface area (Å²) in [5.74, 6) is 0.345. The zero-order valence-electron chi connectivity index (χ0n) is 12.3. The van der Waals surface area contributed by atoms with Gasteiger partial charge in [-0.1, -0.05) is 32.9 Å². The highest BCUT2D eigenvalue weighted by molar-refractivity contribution is 6.74. The Bertz CT molecular complexity index is 380. The van der Waals surface area contributed by atoms with E-state index in [4.69, 9.17) is 4.43 Å². The first-order chi connectivity index (χ1) is 8.22. The second kappa shape index (κ2) is 5.89. The molecule has 1 rings (SSSR count). The molecule has 0 bridgehead atoms. The number of phenols is 1. The Morgan fingerprint density at radius 2 is 1.89 bits per heavy atom. The molecule has 2 nitrogen and oxygen atoms in total. The van der Waals surface area contributed by atoms with Crippen molar-refractivity contribution < 1.29 is 9.53 Å². The quantitative estimate of drug-likeness (QED) is 0.634. The van der Waals surface area contributed by atoms with Gasteiger partial charge in [-0.3, -0.25) is 0 Å². The first-order valence-corrected chi connectivity index (χ1v) is 9.55. The van der Waals surface area contributed by atoms with Crippen molar-refractivity contribution in [1.29, 1.82) is 0 Å². The van der Waals surface area contributed by atoms with Crippen LogP contribution in [0.2, 0.25) is 18.1 Å². The third-order valence-electron chi connectivity index (χ3n) is 3.79. The fourth-order valence-corrected chi connectivity index (χ4v) is 2.62. The molecule has 0 unspecified atom stereocenters. The highest BCUT2D eigenvalue weighted by Crippen LogP contribution is 2.36. The molecule has 0 heterocycles. The van der Waals surface area contributed by atoms with Crippen LogP contribution in [0.3, 0.4) is 0 Å². The lowest BCUT2D eigenvalue weighted by Crippen LogP contribution is -2.41.